The molecule has 0 saturated heterocycles. The Morgan fingerprint density at radius 2 is 1.57 bits per heavy atom. The van der Waals surface area contributed by atoms with Gasteiger partial charge in [-0.05, 0) is 49.2 Å². The Hall–Kier alpha value is -1.91. The third-order valence-corrected chi connectivity index (χ3v) is 5.11. The van der Waals surface area contributed by atoms with Crippen LogP contribution in [0, 0.1) is 0 Å². The van der Waals surface area contributed by atoms with Crippen LogP contribution >= 0.6 is 35.6 Å². The van der Waals surface area contributed by atoms with E-state index in [1.54, 1.807) is 0 Å². The van der Waals surface area contributed by atoms with Crippen molar-refractivity contribution in [2.75, 3.05) is 13.2 Å². The lowest BCUT2D eigenvalue weighted by molar-refractivity contribution is 0.269. The van der Waals surface area contributed by atoms with Crippen molar-refractivity contribution in [3.8, 4) is 11.5 Å². The van der Waals surface area contributed by atoms with Crippen molar-refractivity contribution in [3.63, 3.8) is 0 Å². The average molecular weight is 467 g/mol. The van der Waals surface area contributed by atoms with Crippen LogP contribution in [0.15, 0.2) is 66.7 Å². The van der Waals surface area contributed by atoms with Crippen molar-refractivity contribution in [2.45, 2.75) is 26.5 Å². The number of halogens is 3. The summed E-state index contributed by atoms with van der Waals surface area (Å²) < 4.78 is 11.7. The van der Waals surface area contributed by atoms with Crippen LogP contribution in [0.25, 0.3) is 0 Å². The molecule has 1 N–H and O–H groups in total. The summed E-state index contributed by atoms with van der Waals surface area (Å²) in [5, 5.41) is 4.66. The molecular weight excluding hydrogens is 441 g/mol. The Kier molecular flexibility index (Phi) is 10.3. The zero-order chi connectivity index (χ0) is 20.5. The smallest absolute Gasteiger partial charge is 0.180 e. The predicted molar refractivity (Wildman–Crippen MR) is 128 cm³/mol. The van der Waals surface area contributed by atoms with E-state index in [0.29, 0.717) is 41.3 Å². The summed E-state index contributed by atoms with van der Waals surface area (Å²) in [4.78, 5) is 0. The minimum atomic E-state index is 0. The maximum atomic E-state index is 6.52. The van der Waals surface area contributed by atoms with Gasteiger partial charge in [0.25, 0.3) is 0 Å². The van der Waals surface area contributed by atoms with Crippen LogP contribution in [-0.2, 0) is 19.6 Å². The van der Waals surface area contributed by atoms with Gasteiger partial charge in [0, 0.05) is 17.1 Å². The molecule has 0 aliphatic rings. The van der Waals surface area contributed by atoms with Gasteiger partial charge in [-0.25, -0.2) is 0 Å². The summed E-state index contributed by atoms with van der Waals surface area (Å²) >= 11 is 12.7. The van der Waals surface area contributed by atoms with Gasteiger partial charge >= 0.3 is 0 Å². The summed E-state index contributed by atoms with van der Waals surface area (Å²) in [7, 11) is 0. The molecule has 0 aromatic heterocycles. The Labute approximate surface area is 194 Å². The van der Waals surface area contributed by atoms with E-state index in [-0.39, 0.29) is 12.4 Å². The van der Waals surface area contributed by atoms with E-state index >= 15 is 0 Å². The van der Waals surface area contributed by atoms with Gasteiger partial charge in [0.05, 0.1) is 11.6 Å². The molecule has 0 spiro atoms. The summed E-state index contributed by atoms with van der Waals surface area (Å²) in [5.41, 5.74) is 3.27. The molecule has 0 unspecified atom stereocenters. The van der Waals surface area contributed by atoms with Crippen molar-refractivity contribution in [2.24, 2.45) is 0 Å². The molecule has 0 bridgehead atoms. The average Bonchev–Trinajstić information content (AvgIpc) is 2.73. The van der Waals surface area contributed by atoms with Gasteiger partial charge in [-0.15, -0.1) is 12.4 Å². The van der Waals surface area contributed by atoms with E-state index in [1.807, 2.05) is 49.4 Å². The second kappa shape index (κ2) is 12.7. The molecule has 160 valence electrons. The highest BCUT2D eigenvalue weighted by atomic mass is 35.5. The second-order valence-corrected chi connectivity index (χ2v) is 7.44. The number of ether oxygens (including phenoxy) is 2. The third kappa shape index (κ3) is 7.10. The third-order valence-electron chi connectivity index (χ3n) is 4.46. The standard InChI is InChI=1S/C24H25Cl2NO2.ClH/c1-2-28-23-15-19(16-27-13-12-18-8-4-3-5-9-18)14-22(26)24(23)29-17-20-10-6-7-11-21(20)25;/h3-11,14-15,27H,2,12-13,16-17H2,1H3;1H. The Morgan fingerprint density at radius 3 is 2.30 bits per heavy atom. The van der Waals surface area contributed by atoms with Crippen molar-refractivity contribution in [1.29, 1.82) is 0 Å². The normalized spacial score (nSPS) is 10.4. The van der Waals surface area contributed by atoms with Gasteiger partial charge in [0.1, 0.15) is 6.61 Å². The largest absolute Gasteiger partial charge is 0.490 e. The minimum Gasteiger partial charge on any atom is -0.490 e. The van der Waals surface area contributed by atoms with Gasteiger partial charge in [0.2, 0.25) is 0 Å². The topological polar surface area (TPSA) is 30.5 Å². The van der Waals surface area contributed by atoms with Crippen LogP contribution in [0.1, 0.15) is 23.6 Å². The van der Waals surface area contributed by atoms with Gasteiger partial charge in [0.15, 0.2) is 11.5 Å². The van der Waals surface area contributed by atoms with E-state index in [2.05, 4.69) is 29.6 Å². The van der Waals surface area contributed by atoms with Gasteiger partial charge < -0.3 is 14.8 Å². The molecule has 0 atom stereocenters. The summed E-state index contributed by atoms with van der Waals surface area (Å²) in [5.74, 6) is 1.19. The summed E-state index contributed by atoms with van der Waals surface area (Å²) in [6, 6.07) is 21.9. The summed E-state index contributed by atoms with van der Waals surface area (Å²) in [6.45, 7) is 4.39. The van der Waals surface area contributed by atoms with Crippen LogP contribution in [-0.4, -0.2) is 13.2 Å². The zero-order valence-electron chi connectivity index (χ0n) is 16.9. The van der Waals surface area contributed by atoms with Crippen LogP contribution in [0.5, 0.6) is 11.5 Å². The first kappa shape index (κ1) is 24.4. The molecule has 0 fully saturated rings. The van der Waals surface area contributed by atoms with Crippen LogP contribution in [0.2, 0.25) is 10.0 Å². The van der Waals surface area contributed by atoms with Crippen molar-refractivity contribution >= 4 is 35.6 Å². The van der Waals surface area contributed by atoms with Gasteiger partial charge in [-0.2, -0.15) is 0 Å². The first-order valence-electron chi connectivity index (χ1n) is 9.73. The molecule has 30 heavy (non-hydrogen) atoms. The molecule has 3 aromatic rings. The summed E-state index contributed by atoms with van der Waals surface area (Å²) in [6.07, 6.45) is 0.978. The number of hydrogen-bond acceptors (Lipinski definition) is 3. The van der Waals surface area contributed by atoms with E-state index in [4.69, 9.17) is 32.7 Å². The van der Waals surface area contributed by atoms with Crippen molar-refractivity contribution < 1.29 is 9.47 Å². The quantitative estimate of drug-likeness (QED) is 0.336. The molecule has 3 nitrogen and oxygen atoms in total. The molecule has 3 aromatic carbocycles. The maximum absolute atomic E-state index is 6.52. The zero-order valence-corrected chi connectivity index (χ0v) is 19.2. The van der Waals surface area contributed by atoms with Crippen LogP contribution in [0.3, 0.4) is 0 Å². The number of hydrogen-bond donors (Lipinski definition) is 1. The van der Waals surface area contributed by atoms with Crippen molar-refractivity contribution in [1.82, 2.24) is 5.32 Å². The molecule has 0 amide bonds. The van der Waals surface area contributed by atoms with E-state index < -0.39 is 0 Å². The predicted octanol–water partition coefficient (Wildman–Crippen LogP) is 6.73. The SMILES string of the molecule is CCOc1cc(CNCCc2ccccc2)cc(Cl)c1OCc1ccccc1Cl.Cl. The fourth-order valence-electron chi connectivity index (χ4n) is 3.00. The highest BCUT2D eigenvalue weighted by Crippen LogP contribution is 2.37. The molecule has 0 heterocycles. The van der Waals surface area contributed by atoms with Crippen LogP contribution < -0.4 is 14.8 Å². The highest BCUT2D eigenvalue weighted by molar-refractivity contribution is 6.32. The first-order chi connectivity index (χ1) is 14.2. The molecule has 0 aliphatic heterocycles. The minimum absolute atomic E-state index is 0. The Bertz CT molecular complexity index is 920. The Balaban J connectivity index is 0.00000320. The Morgan fingerprint density at radius 1 is 0.833 bits per heavy atom. The fourth-order valence-corrected chi connectivity index (χ4v) is 3.48. The van der Waals surface area contributed by atoms with Gasteiger partial charge in [-0.1, -0.05) is 71.7 Å². The molecule has 6 heteroatoms. The molecule has 0 aliphatic carbocycles. The van der Waals surface area contributed by atoms with Crippen molar-refractivity contribution in [3.05, 3.63) is 93.5 Å². The lowest BCUT2D eigenvalue weighted by atomic mass is 10.1. The second-order valence-electron chi connectivity index (χ2n) is 6.63. The number of nitrogens with one attached hydrogen (secondary N) is 1. The van der Waals surface area contributed by atoms with E-state index in [0.717, 1.165) is 24.1 Å². The molecule has 3 rings (SSSR count). The maximum Gasteiger partial charge on any atom is 0.180 e. The molecule has 0 radical (unpaired) electrons. The lowest BCUT2D eigenvalue weighted by Crippen LogP contribution is -2.16. The highest BCUT2D eigenvalue weighted by Gasteiger charge is 2.13. The lowest BCUT2D eigenvalue weighted by Gasteiger charge is -2.16. The number of rotatable bonds is 10. The molecule has 0 saturated carbocycles. The first-order valence-corrected chi connectivity index (χ1v) is 10.5. The van der Waals surface area contributed by atoms with Gasteiger partial charge in [-0.3, -0.25) is 0 Å². The van der Waals surface area contributed by atoms with E-state index in [9.17, 15) is 0 Å². The number of benzene rings is 3. The fraction of sp³-hybridized carbons (Fsp3) is 0.250. The van der Waals surface area contributed by atoms with Crippen LogP contribution in [0.4, 0.5) is 0 Å². The van der Waals surface area contributed by atoms with E-state index in [1.165, 1.54) is 5.56 Å². The monoisotopic (exact) mass is 465 g/mol. The molecular formula is C24H26Cl3NO2.